The first-order valence-corrected chi connectivity index (χ1v) is 7.83. The molecule has 0 aliphatic carbocycles. The van der Waals surface area contributed by atoms with Gasteiger partial charge in [0.1, 0.15) is 6.54 Å². The Morgan fingerprint density at radius 3 is 2.62 bits per heavy atom. The third-order valence-electron chi connectivity index (χ3n) is 4.03. The van der Waals surface area contributed by atoms with Crippen LogP contribution >= 0.6 is 0 Å². The second-order valence-electron chi connectivity index (χ2n) is 5.83. The average molecular weight is 359 g/mol. The number of aromatic nitrogens is 2. The van der Waals surface area contributed by atoms with Gasteiger partial charge in [-0.05, 0) is 36.8 Å². The van der Waals surface area contributed by atoms with Crippen molar-refractivity contribution in [2.45, 2.75) is 19.5 Å². The van der Waals surface area contributed by atoms with Crippen molar-refractivity contribution in [1.82, 2.24) is 14.9 Å². The third-order valence-corrected chi connectivity index (χ3v) is 4.03. The molecule has 0 radical (unpaired) electrons. The van der Waals surface area contributed by atoms with Crippen LogP contribution in [0.5, 0.6) is 0 Å². The quantitative estimate of drug-likeness (QED) is 0.746. The van der Waals surface area contributed by atoms with E-state index in [1.54, 1.807) is 31.2 Å². The predicted molar refractivity (Wildman–Crippen MR) is 91.7 cm³/mol. The fourth-order valence-corrected chi connectivity index (χ4v) is 2.70. The first kappa shape index (κ1) is 17.5. The monoisotopic (exact) mass is 359 g/mol. The van der Waals surface area contributed by atoms with Gasteiger partial charge in [0, 0.05) is 0 Å². The Hall–Kier alpha value is -3.29. The van der Waals surface area contributed by atoms with Crippen molar-refractivity contribution >= 4 is 16.8 Å². The molecule has 6 nitrogen and oxygen atoms in total. The minimum absolute atomic E-state index is 0.286. The van der Waals surface area contributed by atoms with E-state index >= 15 is 0 Å². The van der Waals surface area contributed by atoms with Crippen molar-refractivity contribution in [1.29, 1.82) is 0 Å². The molecule has 3 rings (SSSR count). The molecule has 2 aromatic carbocycles. The largest absolute Gasteiger partial charge is 0.348 e. The number of nitrogens with zero attached hydrogens (tertiary/aromatic N) is 1. The molecule has 3 aromatic rings. The van der Waals surface area contributed by atoms with Crippen molar-refractivity contribution in [2.24, 2.45) is 0 Å². The summed E-state index contributed by atoms with van der Waals surface area (Å²) in [6.07, 6.45) is 0. The number of fused-ring (bicyclic) bond motifs is 1. The fraction of sp³-hybridized carbons (Fsp3) is 0.167. The molecule has 1 aromatic heterocycles. The number of para-hydroxylation sites is 1. The number of amides is 1. The highest BCUT2D eigenvalue weighted by molar-refractivity contribution is 5.81. The zero-order chi connectivity index (χ0) is 18.8. The summed E-state index contributed by atoms with van der Waals surface area (Å²) in [4.78, 5) is 38.4. The standard InChI is InChI=1S/C18H15F2N3O3/c1-10(11-6-7-13(19)14(20)8-11)21-16(24)9-23-15-5-3-2-4-12(15)17(25)22-18(23)26/h2-8,10H,9H2,1H3,(H,21,24)(H,22,25,26)/t10-/m0/s1. The zero-order valence-electron chi connectivity index (χ0n) is 13.8. The van der Waals surface area contributed by atoms with Crippen LogP contribution in [0.2, 0.25) is 0 Å². The highest BCUT2D eigenvalue weighted by atomic mass is 19.2. The number of benzene rings is 2. The molecule has 2 N–H and O–H groups in total. The zero-order valence-corrected chi connectivity index (χ0v) is 13.8. The molecule has 1 heterocycles. The fourth-order valence-electron chi connectivity index (χ4n) is 2.70. The van der Waals surface area contributed by atoms with Gasteiger partial charge in [0.2, 0.25) is 5.91 Å². The lowest BCUT2D eigenvalue weighted by Gasteiger charge is -2.16. The molecule has 8 heteroatoms. The highest BCUT2D eigenvalue weighted by Gasteiger charge is 2.15. The number of halogens is 2. The van der Waals surface area contributed by atoms with Gasteiger partial charge in [0.05, 0.1) is 16.9 Å². The summed E-state index contributed by atoms with van der Waals surface area (Å²) < 4.78 is 27.5. The highest BCUT2D eigenvalue weighted by Crippen LogP contribution is 2.16. The van der Waals surface area contributed by atoms with E-state index in [0.717, 1.165) is 16.7 Å². The van der Waals surface area contributed by atoms with Crippen LogP contribution in [-0.2, 0) is 11.3 Å². The average Bonchev–Trinajstić information content (AvgIpc) is 2.61. The van der Waals surface area contributed by atoms with Gasteiger partial charge in [0.25, 0.3) is 5.56 Å². The van der Waals surface area contributed by atoms with Crippen LogP contribution in [0.3, 0.4) is 0 Å². The molecule has 26 heavy (non-hydrogen) atoms. The van der Waals surface area contributed by atoms with E-state index in [-0.39, 0.29) is 11.9 Å². The Balaban J connectivity index is 1.84. The molecule has 0 aliphatic rings. The summed E-state index contributed by atoms with van der Waals surface area (Å²) in [7, 11) is 0. The summed E-state index contributed by atoms with van der Waals surface area (Å²) in [6.45, 7) is 1.28. The minimum Gasteiger partial charge on any atom is -0.348 e. The molecular formula is C18H15F2N3O3. The Bertz CT molecular complexity index is 1100. The number of hydrogen-bond acceptors (Lipinski definition) is 3. The van der Waals surface area contributed by atoms with Crippen LogP contribution < -0.4 is 16.6 Å². The van der Waals surface area contributed by atoms with Crippen molar-refractivity contribution < 1.29 is 13.6 Å². The van der Waals surface area contributed by atoms with Gasteiger partial charge < -0.3 is 5.32 Å². The van der Waals surface area contributed by atoms with Gasteiger partial charge in [-0.1, -0.05) is 18.2 Å². The van der Waals surface area contributed by atoms with Gasteiger partial charge in [-0.3, -0.25) is 19.1 Å². The summed E-state index contributed by atoms with van der Waals surface area (Å²) in [5.41, 5.74) is -0.519. The molecule has 0 unspecified atom stereocenters. The number of hydrogen-bond donors (Lipinski definition) is 2. The van der Waals surface area contributed by atoms with Crippen LogP contribution in [0.1, 0.15) is 18.5 Å². The Morgan fingerprint density at radius 2 is 1.88 bits per heavy atom. The first-order chi connectivity index (χ1) is 12.4. The number of carbonyl (C=O) groups excluding carboxylic acids is 1. The van der Waals surface area contributed by atoms with Gasteiger partial charge in [0.15, 0.2) is 11.6 Å². The maximum Gasteiger partial charge on any atom is 0.329 e. The first-order valence-electron chi connectivity index (χ1n) is 7.83. The van der Waals surface area contributed by atoms with E-state index < -0.39 is 34.8 Å². The maximum atomic E-state index is 13.3. The van der Waals surface area contributed by atoms with Crippen molar-refractivity contribution in [3.63, 3.8) is 0 Å². The topological polar surface area (TPSA) is 84.0 Å². The molecule has 0 bridgehead atoms. The number of H-pyrrole nitrogens is 1. The number of aromatic amines is 1. The van der Waals surface area contributed by atoms with E-state index in [4.69, 9.17) is 0 Å². The molecule has 1 atom stereocenters. The van der Waals surface area contributed by atoms with E-state index in [2.05, 4.69) is 10.3 Å². The lowest BCUT2D eigenvalue weighted by atomic mass is 10.1. The van der Waals surface area contributed by atoms with Crippen LogP contribution in [0, 0.1) is 11.6 Å². The molecule has 0 spiro atoms. The van der Waals surface area contributed by atoms with Gasteiger partial charge in [-0.15, -0.1) is 0 Å². The number of carbonyl (C=O) groups is 1. The minimum atomic E-state index is -1.01. The second kappa shape index (κ2) is 6.91. The van der Waals surface area contributed by atoms with E-state index in [1.165, 1.54) is 6.07 Å². The Morgan fingerprint density at radius 1 is 1.15 bits per heavy atom. The van der Waals surface area contributed by atoms with Gasteiger partial charge in [-0.2, -0.15) is 0 Å². The van der Waals surface area contributed by atoms with Crippen LogP contribution in [-0.4, -0.2) is 15.5 Å². The van der Waals surface area contributed by atoms with E-state index in [9.17, 15) is 23.2 Å². The van der Waals surface area contributed by atoms with E-state index in [0.29, 0.717) is 11.1 Å². The number of rotatable bonds is 4. The smallest absolute Gasteiger partial charge is 0.329 e. The van der Waals surface area contributed by atoms with Crippen LogP contribution in [0.4, 0.5) is 8.78 Å². The summed E-state index contributed by atoms with van der Waals surface area (Å²) in [5.74, 6) is -2.49. The third kappa shape index (κ3) is 3.39. The predicted octanol–water partition coefficient (Wildman–Crippen LogP) is 1.85. The molecule has 0 saturated carbocycles. The summed E-state index contributed by atoms with van der Waals surface area (Å²) in [6, 6.07) is 9.17. The van der Waals surface area contributed by atoms with Crippen molar-refractivity contribution in [2.75, 3.05) is 0 Å². The van der Waals surface area contributed by atoms with Crippen LogP contribution in [0.25, 0.3) is 10.9 Å². The molecular weight excluding hydrogens is 344 g/mol. The normalized spacial score (nSPS) is 12.1. The van der Waals surface area contributed by atoms with Crippen molar-refractivity contribution in [3.8, 4) is 0 Å². The molecule has 0 saturated heterocycles. The van der Waals surface area contributed by atoms with Crippen molar-refractivity contribution in [3.05, 3.63) is 80.5 Å². The summed E-state index contributed by atoms with van der Waals surface area (Å²) in [5, 5.41) is 2.90. The lowest BCUT2D eigenvalue weighted by molar-refractivity contribution is -0.122. The Kier molecular flexibility index (Phi) is 4.66. The van der Waals surface area contributed by atoms with Crippen LogP contribution in [0.15, 0.2) is 52.1 Å². The summed E-state index contributed by atoms with van der Waals surface area (Å²) >= 11 is 0. The number of nitrogens with one attached hydrogen (secondary N) is 2. The molecule has 0 fully saturated rings. The Labute approximate surface area is 146 Å². The maximum absolute atomic E-state index is 13.3. The molecule has 1 amide bonds. The lowest BCUT2D eigenvalue weighted by Crippen LogP contribution is -2.37. The molecule has 134 valence electrons. The van der Waals surface area contributed by atoms with E-state index in [1.807, 2.05) is 0 Å². The van der Waals surface area contributed by atoms with Gasteiger partial charge >= 0.3 is 5.69 Å². The second-order valence-corrected chi connectivity index (χ2v) is 5.83. The molecule has 0 aliphatic heterocycles. The SMILES string of the molecule is C[C@H](NC(=O)Cn1c(=O)[nH]c(=O)c2ccccc21)c1ccc(F)c(F)c1. The van der Waals surface area contributed by atoms with Gasteiger partial charge in [-0.25, -0.2) is 13.6 Å².